The Morgan fingerprint density at radius 1 is 1.40 bits per heavy atom. The van der Waals surface area contributed by atoms with Crippen molar-refractivity contribution in [3.63, 3.8) is 0 Å². The maximum Gasteiger partial charge on any atom is 0.318 e. The number of carbonyl (C=O) groups is 1. The molecule has 0 radical (unpaired) electrons. The minimum atomic E-state index is -0.170. The van der Waals surface area contributed by atoms with Crippen molar-refractivity contribution in [2.24, 2.45) is 0 Å². The third-order valence-electron chi connectivity index (χ3n) is 2.26. The molecular weight excluding hydrogens is 188 g/mol. The van der Waals surface area contributed by atoms with Gasteiger partial charge in [0.05, 0.1) is 0 Å². The fourth-order valence-electron chi connectivity index (χ4n) is 1.51. The highest BCUT2D eigenvalue weighted by Crippen LogP contribution is 2.18. The van der Waals surface area contributed by atoms with Crippen LogP contribution in [-0.2, 0) is 6.42 Å². The molecule has 0 aliphatic heterocycles. The lowest BCUT2D eigenvalue weighted by atomic mass is 10.1. The number of hydrogen-bond donors (Lipinski definition) is 2. The Morgan fingerprint density at radius 3 is 2.73 bits per heavy atom. The summed E-state index contributed by atoms with van der Waals surface area (Å²) in [7, 11) is 1.61. The van der Waals surface area contributed by atoms with Crippen LogP contribution in [0, 0.1) is 6.92 Å². The summed E-state index contributed by atoms with van der Waals surface area (Å²) in [5.41, 5.74) is 3.32. The molecule has 3 heteroatoms. The normalized spacial score (nSPS) is 9.80. The van der Waals surface area contributed by atoms with E-state index in [0.29, 0.717) is 0 Å². The van der Waals surface area contributed by atoms with E-state index in [1.165, 1.54) is 11.1 Å². The summed E-state index contributed by atoms with van der Waals surface area (Å²) >= 11 is 0. The largest absolute Gasteiger partial charge is 0.341 e. The third-order valence-corrected chi connectivity index (χ3v) is 2.26. The van der Waals surface area contributed by atoms with Crippen LogP contribution in [0.1, 0.15) is 24.5 Å². The van der Waals surface area contributed by atoms with E-state index in [2.05, 4.69) is 30.5 Å². The second-order valence-electron chi connectivity index (χ2n) is 3.61. The third kappa shape index (κ3) is 3.27. The van der Waals surface area contributed by atoms with Gasteiger partial charge in [0.1, 0.15) is 0 Å². The van der Waals surface area contributed by atoms with E-state index in [4.69, 9.17) is 0 Å². The van der Waals surface area contributed by atoms with Gasteiger partial charge in [-0.25, -0.2) is 4.79 Å². The number of nitrogens with one attached hydrogen (secondary N) is 2. The van der Waals surface area contributed by atoms with Gasteiger partial charge in [0.2, 0.25) is 0 Å². The Morgan fingerprint density at radius 2 is 2.13 bits per heavy atom. The number of aryl methyl sites for hydroxylation is 2. The second-order valence-corrected chi connectivity index (χ2v) is 3.61. The molecule has 2 N–H and O–H groups in total. The summed E-state index contributed by atoms with van der Waals surface area (Å²) in [5.74, 6) is 0. The van der Waals surface area contributed by atoms with Crippen molar-refractivity contribution >= 4 is 11.7 Å². The second kappa shape index (κ2) is 5.39. The van der Waals surface area contributed by atoms with Gasteiger partial charge < -0.3 is 10.6 Å². The van der Waals surface area contributed by atoms with Gasteiger partial charge in [-0.3, -0.25) is 0 Å². The highest BCUT2D eigenvalue weighted by molar-refractivity contribution is 5.89. The number of rotatable bonds is 3. The van der Waals surface area contributed by atoms with Gasteiger partial charge in [-0.15, -0.1) is 0 Å². The number of hydrogen-bond acceptors (Lipinski definition) is 1. The van der Waals surface area contributed by atoms with Crippen LogP contribution in [0.2, 0.25) is 0 Å². The molecule has 0 saturated heterocycles. The van der Waals surface area contributed by atoms with E-state index in [1.807, 2.05) is 12.1 Å². The first-order valence-electron chi connectivity index (χ1n) is 5.25. The SMILES string of the molecule is CCCc1cc(C)ccc1NC(=O)NC. The van der Waals surface area contributed by atoms with Gasteiger partial charge in [0.15, 0.2) is 0 Å². The van der Waals surface area contributed by atoms with Crippen LogP contribution >= 0.6 is 0 Å². The Balaban J connectivity index is 2.89. The molecule has 1 aromatic rings. The Bertz CT molecular complexity index is 347. The zero-order valence-corrected chi connectivity index (χ0v) is 9.55. The summed E-state index contributed by atoms with van der Waals surface area (Å²) in [6, 6.07) is 5.91. The average Bonchev–Trinajstić information content (AvgIpc) is 2.22. The Labute approximate surface area is 90.9 Å². The molecule has 15 heavy (non-hydrogen) atoms. The standard InChI is InChI=1S/C12H18N2O/c1-4-5-10-8-9(2)6-7-11(10)14-12(15)13-3/h6-8H,4-5H2,1-3H3,(H2,13,14,15). The van der Waals surface area contributed by atoms with Crippen LogP contribution in [0.15, 0.2) is 18.2 Å². The monoisotopic (exact) mass is 206 g/mol. The molecule has 0 aliphatic carbocycles. The lowest BCUT2D eigenvalue weighted by molar-refractivity contribution is 0.254. The maximum atomic E-state index is 11.2. The molecule has 0 unspecified atom stereocenters. The fraction of sp³-hybridized carbons (Fsp3) is 0.417. The zero-order valence-electron chi connectivity index (χ0n) is 9.55. The topological polar surface area (TPSA) is 41.1 Å². The first-order chi connectivity index (χ1) is 7.17. The maximum absolute atomic E-state index is 11.2. The van der Waals surface area contributed by atoms with E-state index < -0.39 is 0 Å². The Kier molecular flexibility index (Phi) is 4.16. The van der Waals surface area contributed by atoms with Gasteiger partial charge in [0.25, 0.3) is 0 Å². The summed E-state index contributed by atoms with van der Waals surface area (Å²) in [5, 5.41) is 5.37. The lowest BCUT2D eigenvalue weighted by Gasteiger charge is -2.11. The predicted octanol–water partition coefficient (Wildman–Crippen LogP) is 2.70. The first kappa shape index (κ1) is 11.6. The van der Waals surface area contributed by atoms with Gasteiger partial charge in [-0.2, -0.15) is 0 Å². The molecule has 0 spiro atoms. The number of anilines is 1. The fourth-order valence-corrected chi connectivity index (χ4v) is 1.51. The molecule has 0 aliphatic rings. The van der Waals surface area contributed by atoms with Crippen LogP contribution in [-0.4, -0.2) is 13.1 Å². The van der Waals surface area contributed by atoms with Gasteiger partial charge in [-0.05, 0) is 25.0 Å². The Hall–Kier alpha value is -1.51. The molecule has 0 fully saturated rings. The number of amides is 2. The summed E-state index contributed by atoms with van der Waals surface area (Å²) in [6.07, 6.45) is 2.06. The summed E-state index contributed by atoms with van der Waals surface area (Å²) in [4.78, 5) is 11.2. The van der Waals surface area contributed by atoms with Crippen LogP contribution in [0.3, 0.4) is 0 Å². The van der Waals surface area contributed by atoms with Crippen molar-refractivity contribution < 1.29 is 4.79 Å². The molecule has 0 bridgehead atoms. The molecule has 0 atom stereocenters. The number of urea groups is 1. The van der Waals surface area contributed by atoms with Crippen LogP contribution in [0.5, 0.6) is 0 Å². The summed E-state index contributed by atoms with van der Waals surface area (Å²) in [6.45, 7) is 4.19. The van der Waals surface area contributed by atoms with Crippen LogP contribution < -0.4 is 10.6 Å². The average molecular weight is 206 g/mol. The molecule has 0 aromatic heterocycles. The molecule has 82 valence electrons. The van der Waals surface area contributed by atoms with E-state index in [9.17, 15) is 4.79 Å². The molecule has 2 amide bonds. The lowest BCUT2D eigenvalue weighted by Crippen LogP contribution is -2.25. The van der Waals surface area contributed by atoms with E-state index in [0.717, 1.165) is 18.5 Å². The summed E-state index contributed by atoms with van der Waals surface area (Å²) < 4.78 is 0. The first-order valence-corrected chi connectivity index (χ1v) is 5.25. The van der Waals surface area contributed by atoms with E-state index in [-0.39, 0.29) is 6.03 Å². The highest BCUT2D eigenvalue weighted by atomic mass is 16.2. The van der Waals surface area contributed by atoms with E-state index >= 15 is 0 Å². The van der Waals surface area contributed by atoms with Crippen LogP contribution in [0.25, 0.3) is 0 Å². The molecular formula is C12H18N2O. The van der Waals surface area contributed by atoms with Crippen molar-refractivity contribution in [1.82, 2.24) is 5.32 Å². The van der Waals surface area contributed by atoms with Gasteiger partial charge in [0, 0.05) is 12.7 Å². The molecule has 1 aromatic carbocycles. The number of benzene rings is 1. The van der Waals surface area contributed by atoms with Crippen LogP contribution in [0.4, 0.5) is 10.5 Å². The van der Waals surface area contributed by atoms with Gasteiger partial charge in [-0.1, -0.05) is 31.0 Å². The highest BCUT2D eigenvalue weighted by Gasteiger charge is 2.04. The quantitative estimate of drug-likeness (QED) is 0.784. The zero-order chi connectivity index (χ0) is 11.3. The smallest absolute Gasteiger partial charge is 0.318 e. The molecule has 1 rings (SSSR count). The minimum absolute atomic E-state index is 0.170. The van der Waals surface area contributed by atoms with Gasteiger partial charge >= 0.3 is 6.03 Å². The molecule has 0 heterocycles. The predicted molar refractivity (Wildman–Crippen MR) is 63.3 cm³/mol. The van der Waals surface area contributed by atoms with Crippen molar-refractivity contribution in [1.29, 1.82) is 0 Å². The molecule has 3 nitrogen and oxygen atoms in total. The van der Waals surface area contributed by atoms with Crippen molar-refractivity contribution in [2.75, 3.05) is 12.4 Å². The van der Waals surface area contributed by atoms with Crippen molar-refractivity contribution in [2.45, 2.75) is 26.7 Å². The van der Waals surface area contributed by atoms with E-state index in [1.54, 1.807) is 7.05 Å². The minimum Gasteiger partial charge on any atom is -0.341 e. The molecule has 0 saturated carbocycles. The van der Waals surface area contributed by atoms with Crippen molar-refractivity contribution in [3.8, 4) is 0 Å². The van der Waals surface area contributed by atoms with Crippen molar-refractivity contribution in [3.05, 3.63) is 29.3 Å². The number of carbonyl (C=O) groups excluding carboxylic acids is 1.